The van der Waals surface area contributed by atoms with Crippen molar-refractivity contribution in [1.29, 1.82) is 0 Å². The third-order valence-corrected chi connectivity index (χ3v) is 5.67. The first-order valence-electron chi connectivity index (χ1n) is 9.99. The van der Waals surface area contributed by atoms with Crippen molar-refractivity contribution in [2.45, 2.75) is 13.5 Å². The lowest BCUT2D eigenvalue weighted by Gasteiger charge is -2.08. The van der Waals surface area contributed by atoms with E-state index in [0.717, 1.165) is 22.0 Å². The molecule has 5 aromatic rings. The van der Waals surface area contributed by atoms with E-state index in [4.69, 9.17) is 4.74 Å². The molecule has 5 rings (SSSR count). The van der Waals surface area contributed by atoms with E-state index in [9.17, 15) is 4.79 Å². The van der Waals surface area contributed by atoms with Gasteiger partial charge in [-0.3, -0.25) is 9.20 Å². The summed E-state index contributed by atoms with van der Waals surface area (Å²) in [6.45, 7) is 2.37. The lowest BCUT2D eigenvalue weighted by molar-refractivity contribution is 0.102. The van der Waals surface area contributed by atoms with Crippen molar-refractivity contribution in [3.05, 3.63) is 94.8 Å². The van der Waals surface area contributed by atoms with Crippen LogP contribution in [0.2, 0.25) is 0 Å². The van der Waals surface area contributed by atoms with Gasteiger partial charge in [-0.05, 0) is 49.4 Å². The molecule has 0 radical (unpaired) electrons. The summed E-state index contributed by atoms with van der Waals surface area (Å²) in [6, 6.07) is 16.5. The van der Waals surface area contributed by atoms with Gasteiger partial charge in [-0.1, -0.05) is 12.1 Å². The Morgan fingerprint density at radius 2 is 1.91 bits per heavy atom. The van der Waals surface area contributed by atoms with Crippen LogP contribution in [0.5, 0.6) is 5.75 Å². The second-order valence-electron chi connectivity index (χ2n) is 7.16. The van der Waals surface area contributed by atoms with Gasteiger partial charge >= 0.3 is 0 Å². The number of imidazole rings is 1. The quantitative estimate of drug-likeness (QED) is 0.401. The van der Waals surface area contributed by atoms with Gasteiger partial charge in [0.1, 0.15) is 12.4 Å². The first-order valence-corrected chi connectivity index (χ1v) is 10.9. The third-order valence-electron chi connectivity index (χ3n) is 4.84. The summed E-state index contributed by atoms with van der Waals surface area (Å²) in [7, 11) is 0. The van der Waals surface area contributed by atoms with Crippen LogP contribution in [0.15, 0.2) is 78.6 Å². The van der Waals surface area contributed by atoms with Crippen molar-refractivity contribution in [1.82, 2.24) is 19.4 Å². The first kappa shape index (κ1) is 19.9. The first-order chi connectivity index (χ1) is 15.6. The predicted octanol–water partition coefficient (Wildman–Crippen LogP) is 4.99. The molecule has 0 aliphatic carbocycles. The predicted molar refractivity (Wildman–Crippen MR) is 124 cm³/mol. The molecule has 1 amide bonds. The van der Waals surface area contributed by atoms with Gasteiger partial charge in [0.05, 0.1) is 16.4 Å². The number of benzene rings is 2. The van der Waals surface area contributed by atoms with Crippen LogP contribution >= 0.6 is 11.3 Å². The van der Waals surface area contributed by atoms with Gasteiger partial charge in [0.2, 0.25) is 5.78 Å². The molecule has 2 aromatic carbocycles. The number of anilines is 1. The fourth-order valence-electron chi connectivity index (χ4n) is 3.23. The van der Waals surface area contributed by atoms with Crippen LogP contribution in [0.1, 0.15) is 21.1 Å². The van der Waals surface area contributed by atoms with E-state index in [0.29, 0.717) is 29.4 Å². The molecule has 1 N–H and O–H groups in total. The molecule has 0 aliphatic heterocycles. The maximum atomic E-state index is 12.6. The molecule has 0 aliphatic rings. The molecular weight excluding hydrogens is 422 g/mol. The summed E-state index contributed by atoms with van der Waals surface area (Å²) in [5, 5.41) is 5.91. The molecule has 158 valence electrons. The zero-order valence-corrected chi connectivity index (χ0v) is 18.0. The van der Waals surface area contributed by atoms with Crippen molar-refractivity contribution in [2.75, 3.05) is 5.32 Å². The van der Waals surface area contributed by atoms with Crippen molar-refractivity contribution in [3.8, 4) is 17.0 Å². The average molecular weight is 442 g/mol. The highest BCUT2D eigenvalue weighted by molar-refractivity contribution is 7.09. The molecule has 0 fully saturated rings. The normalized spacial score (nSPS) is 10.9. The zero-order valence-electron chi connectivity index (χ0n) is 17.2. The Morgan fingerprint density at radius 3 is 2.62 bits per heavy atom. The number of hydrogen-bond acceptors (Lipinski definition) is 6. The number of carbonyl (C=O) groups is 1. The number of rotatable bonds is 6. The standard InChI is InChI=1S/C24H19N5O2S/c1-16-26-20(15-32-16)14-31-21-9-5-18(6-10-21)23(30)27-19-7-3-17(4-8-19)22-13-29-12-2-11-25-24(29)28-22/h2-13,15H,14H2,1H3,(H,27,30). The molecule has 0 unspecified atom stereocenters. The van der Waals surface area contributed by atoms with Crippen LogP contribution in [0.3, 0.4) is 0 Å². The van der Waals surface area contributed by atoms with Gasteiger partial charge in [0, 0.05) is 40.8 Å². The lowest BCUT2D eigenvalue weighted by Crippen LogP contribution is -2.11. The highest BCUT2D eigenvalue weighted by Crippen LogP contribution is 2.22. The smallest absolute Gasteiger partial charge is 0.255 e. The topological polar surface area (TPSA) is 81.4 Å². The minimum Gasteiger partial charge on any atom is -0.487 e. The molecule has 7 nitrogen and oxygen atoms in total. The Kier molecular flexibility index (Phi) is 5.35. The highest BCUT2D eigenvalue weighted by Gasteiger charge is 2.09. The van der Waals surface area contributed by atoms with Crippen LogP contribution < -0.4 is 10.1 Å². The molecule has 0 atom stereocenters. The number of amides is 1. The number of aryl methyl sites for hydroxylation is 1. The number of carbonyl (C=O) groups excluding carboxylic acids is 1. The van der Waals surface area contributed by atoms with Crippen LogP contribution in [-0.4, -0.2) is 25.3 Å². The summed E-state index contributed by atoms with van der Waals surface area (Å²) in [5.41, 5.74) is 3.94. The van der Waals surface area contributed by atoms with Crippen molar-refractivity contribution < 1.29 is 9.53 Å². The largest absolute Gasteiger partial charge is 0.487 e. The molecule has 0 saturated carbocycles. The Bertz CT molecular complexity index is 1340. The van der Waals surface area contributed by atoms with E-state index in [1.165, 1.54) is 0 Å². The maximum absolute atomic E-state index is 12.6. The van der Waals surface area contributed by atoms with E-state index in [1.807, 2.05) is 59.4 Å². The van der Waals surface area contributed by atoms with Crippen molar-refractivity contribution in [3.63, 3.8) is 0 Å². The number of ether oxygens (including phenoxy) is 1. The third kappa shape index (κ3) is 4.35. The number of fused-ring (bicyclic) bond motifs is 1. The summed E-state index contributed by atoms with van der Waals surface area (Å²) < 4.78 is 7.61. The van der Waals surface area contributed by atoms with Crippen LogP contribution in [-0.2, 0) is 6.61 Å². The molecule has 8 heteroatoms. The highest BCUT2D eigenvalue weighted by atomic mass is 32.1. The lowest BCUT2D eigenvalue weighted by atomic mass is 10.1. The van der Waals surface area contributed by atoms with Crippen LogP contribution in [0.4, 0.5) is 5.69 Å². The molecule has 0 bridgehead atoms. The Hall–Kier alpha value is -4.04. The van der Waals surface area contributed by atoms with E-state index < -0.39 is 0 Å². The number of hydrogen-bond donors (Lipinski definition) is 1. The second kappa shape index (κ2) is 8.60. The summed E-state index contributed by atoms with van der Waals surface area (Å²) >= 11 is 1.60. The zero-order chi connectivity index (χ0) is 21.9. The van der Waals surface area contributed by atoms with Gasteiger partial charge in [0.15, 0.2) is 0 Å². The average Bonchev–Trinajstić information content (AvgIpc) is 3.44. The fourth-order valence-corrected chi connectivity index (χ4v) is 3.83. The number of thiazole rings is 1. The Labute approximate surface area is 188 Å². The Morgan fingerprint density at radius 1 is 1.09 bits per heavy atom. The van der Waals surface area contributed by atoms with E-state index in [-0.39, 0.29) is 5.91 Å². The second-order valence-corrected chi connectivity index (χ2v) is 8.22. The van der Waals surface area contributed by atoms with Gasteiger partial charge < -0.3 is 10.1 Å². The molecule has 3 aromatic heterocycles. The monoisotopic (exact) mass is 441 g/mol. The summed E-state index contributed by atoms with van der Waals surface area (Å²) in [4.78, 5) is 25.7. The molecular formula is C24H19N5O2S. The SMILES string of the molecule is Cc1nc(COc2ccc(C(=O)Nc3ccc(-c4cn5cccnc5n4)cc3)cc2)cs1. The van der Waals surface area contributed by atoms with Crippen molar-refractivity contribution in [2.24, 2.45) is 0 Å². The molecule has 0 spiro atoms. The summed E-state index contributed by atoms with van der Waals surface area (Å²) in [6.07, 6.45) is 5.55. The summed E-state index contributed by atoms with van der Waals surface area (Å²) in [5.74, 6) is 1.16. The minimum absolute atomic E-state index is 0.184. The number of nitrogens with one attached hydrogen (secondary N) is 1. The minimum atomic E-state index is -0.184. The van der Waals surface area contributed by atoms with E-state index in [1.54, 1.807) is 41.8 Å². The molecule has 32 heavy (non-hydrogen) atoms. The van der Waals surface area contributed by atoms with Crippen LogP contribution in [0, 0.1) is 6.92 Å². The van der Waals surface area contributed by atoms with Gasteiger partial charge in [-0.15, -0.1) is 11.3 Å². The number of aromatic nitrogens is 4. The van der Waals surface area contributed by atoms with Gasteiger partial charge in [-0.25, -0.2) is 15.0 Å². The van der Waals surface area contributed by atoms with E-state index in [2.05, 4.69) is 20.3 Å². The van der Waals surface area contributed by atoms with E-state index >= 15 is 0 Å². The van der Waals surface area contributed by atoms with Gasteiger partial charge in [-0.2, -0.15) is 0 Å². The van der Waals surface area contributed by atoms with Crippen molar-refractivity contribution >= 4 is 28.7 Å². The van der Waals surface area contributed by atoms with Gasteiger partial charge in [0.25, 0.3) is 5.91 Å². The van der Waals surface area contributed by atoms with Crippen LogP contribution in [0.25, 0.3) is 17.0 Å². The maximum Gasteiger partial charge on any atom is 0.255 e. The molecule has 3 heterocycles. The Balaban J connectivity index is 1.21. The molecule has 0 saturated heterocycles. The fraction of sp³-hybridized carbons (Fsp3) is 0.0833. The number of nitrogens with zero attached hydrogens (tertiary/aromatic N) is 4.